The Balaban J connectivity index is 0.00000169. The van der Waals surface area contributed by atoms with Crippen molar-refractivity contribution in [2.24, 2.45) is 0 Å². The normalized spacial score (nSPS) is 12.4. The molecule has 0 saturated carbocycles. The maximum absolute atomic E-state index is 11.8. The molecule has 0 unspecified atom stereocenters. The van der Waals surface area contributed by atoms with Gasteiger partial charge < -0.3 is 18.0 Å². The van der Waals surface area contributed by atoms with Gasteiger partial charge in [-0.2, -0.15) is 18.3 Å². The minimum atomic E-state index is -5.45. The van der Waals surface area contributed by atoms with Crippen molar-refractivity contribution in [3.63, 3.8) is 0 Å². The van der Waals surface area contributed by atoms with Gasteiger partial charge in [-0.3, -0.25) is 0 Å². The van der Waals surface area contributed by atoms with Crippen molar-refractivity contribution in [1.82, 2.24) is 10.2 Å². The van der Waals surface area contributed by atoms with Crippen LogP contribution in [0.15, 0.2) is 6.07 Å². The van der Waals surface area contributed by atoms with E-state index in [1.54, 1.807) is 0 Å². The molecule has 1 rings (SSSR count). The Bertz CT molecular complexity index is 275. The molecule has 10 heteroatoms. The number of nitrogens with one attached hydrogen (secondary N) is 1. The van der Waals surface area contributed by atoms with E-state index < -0.39 is 24.4 Å². The van der Waals surface area contributed by atoms with E-state index in [-0.39, 0.29) is 57.5 Å². The summed E-state index contributed by atoms with van der Waals surface area (Å²) in [4.78, 5) is 0. The van der Waals surface area contributed by atoms with Gasteiger partial charge in [0.15, 0.2) is 5.69 Å². The van der Waals surface area contributed by atoms with Crippen molar-refractivity contribution in [3.8, 4) is 0 Å². The third kappa shape index (κ3) is 3.57. The Morgan fingerprint density at radius 2 is 1.71 bits per heavy atom. The zero-order valence-electron chi connectivity index (χ0n) is 6.87. The SMILES string of the molecule is F[B-](F)(F)c1cc(C(F)(F)F)n[nH]1.[K+]. The van der Waals surface area contributed by atoms with E-state index in [0.29, 0.717) is 0 Å². The van der Waals surface area contributed by atoms with E-state index in [9.17, 15) is 26.1 Å². The molecule has 0 radical (unpaired) electrons. The summed E-state index contributed by atoms with van der Waals surface area (Å²) in [5.74, 6) is 0. The summed E-state index contributed by atoms with van der Waals surface area (Å²) in [5.41, 5.74) is -3.02. The van der Waals surface area contributed by atoms with Crippen molar-refractivity contribution >= 4 is 12.6 Å². The first-order valence-corrected chi connectivity index (χ1v) is 3.03. The smallest absolute Gasteiger partial charge is 0.444 e. The third-order valence-corrected chi connectivity index (χ3v) is 1.24. The van der Waals surface area contributed by atoms with Crippen LogP contribution in [0.5, 0.6) is 0 Å². The summed E-state index contributed by atoms with van der Waals surface area (Å²) >= 11 is 0. The molecule has 0 aliphatic rings. The van der Waals surface area contributed by atoms with Crippen LogP contribution in [0.2, 0.25) is 0 Å². The Morgan fingerprint density at radius 3 is 1.93 bits per heavy atom. The number of aromatic amines is 1. The largest absolute Gasteiger partial charge is 1.00 e. The molecule has 0 spiro atoms. The van der Waals surface area contributed by atoms with Gasteiger partial charge in [-0.05, 0) is 11.7 Å². The molecular weight excluding hydrogens is 240 g/mol. The number of nitrogens with zero attached hydrogens (tertiary/aromatic N) is 1. The molecule has 14 heavy (non-hydrogen) atoms. The second-order valence-corrected chi connectivity index (χ2v) is 2.28. The van der Waals surface area contributed by atoms with E-state index in [0.717, 1.165) is 0 Å². The van der Waals surface area contributed by atoms with Gasteiger partial charge in [-0.1, -0.05) is 0 Å². The second kappa shape index (κ2) is 4.56. The van der Waals surface area contributed by atoms with Crippen LogP contribution < -0.4 is 57.0 Å². The average Bonchev–Trinajstić information content (AvgIpc) is 2.28. The molecule has 1 N–H and O–H groups in total. The molecule has 2 nitrogen and oxygen atoms in total. The molecule has 0 aliphatic heterocycles. The summed E-state index contributed by atoms with van der Waals surface area (Å²) in [6.45, 7) is -5.45. The van der Waals surface area contributed by atoms with Crippen LogP contribution >= 0.6 is 0 Å². The zero-order valence-corrected chi connectivity index (χ0v) is 9.99. The second-order valence-electron chi connectivity index (χ2n) is 2.28. The van der Waals surface area contributed by atoms with Crippen molar-refractivity contribution < 1.29 is 77.5 Å². The molecule has 0 amide bonds. The molecule has 0 saturated heterocycles. The molecule has 1 aromatic rings. The number of halogens is 6. The molecule has 1 heterocycles. The van der Waals surface area contributed by atoms with Gasteiger partial charge in [0.2, 0.25) is 0 Å². The van der Waals surface area contributed by atoms with E-state index in [1.165, 1.54) is 5.10 Å². The fourth-order valence-electron chi connectivity index (χ4n) is 0.650. The Morgan fingerprint density at radius 1 is 1.21 bits per heavy atom. The quantitative estimate of drug-likeness (QED) is 0.470. The summed E-state index contributed by atoms with van der Waals surface area (Å²) in [6.07, 6.45) is -4.85. The molecular formula is C4H2BF6KN2. The first-order chi connectivity index (χ1) is 5.71. The fourth-order valence-corrected chi connectivity index (χ4v) is 0.650. The van der Waals surface area contributed by atoms with Crippen LogP contribution in [-0.4, -0.2) is 17.2 Å². The Labute approximate surface area is 117 Å². The van der Waals surface area contributed by atoms with E-state index >= 15 is 0 Å². The topological polar surface area (TPSA) is 28.7 Å². The Kier molecular flexibility index (Phi) is 4.72. The Hall–Kier alpha value is 0.491. The maximum Gasteiger partial charge on any atom is 1.00 e. The third-order valence-electron chi connectivity index (χ3n) is 1.24. The predicted molar refractivity (Wildman–Crippen MR) is 32.3 cm³/mol. The maximum atomic E-state index is 11.8. The van der Waals surface area contributed by atoms with E-state index in [4.69, 9.17) is 0 Å². The van der Waals surface area contributed by atoms with Crippen LogP contribution in [0.1, 0.15) is 5.69 Å². The van der Waals surface area contributed by atoms with Gasteiger partial charge in [0, 0.05) is 0 Å². The summed E-state index contributed by atoms with van der Waals surface area (Å²) in [5, 5.41) is 3.78. The van der Waals surface area contributed by atoms with Gasteiger partial charge in [-0.15, -0.1) is 0 Å². The van der Waals surface area contributed by atoms with Crippen molar-refractivity contribution in [2.45, 2.75) is 6.18 Å². The minimum absolute atomic E-state index is 0. The van der Waals surface area contributed by atoms with Crippen LogP contribution in [0.25, 0.3) is 0 Å². The first-order valence-electron chi connectivity index (χ1n) is 3.03. The van der Waals surface area contributed by atoms with Crippen LogP contribution in [0, 0.1) is 0 Å². The number of H-pyrrole nitrogens is 1. The molecule has 1 aromatic heterocycles. The fraction of sp³-hybridized carbons (Fsp3) is 0.250. The van der Waals surface area contributed by atoms with Crippen molar-refractivity contribution in [2.75, 3.05) is 0 Å². The van der Waals surface area contributed by atoms with Gasteiger partial charge in [-0.25, -0.2) is 0 Å². The summed E-state index contributed by atoms with van der Waals surface area (Å²) < 4.78 is 70.7. The molecule has 0 fully saturated rings. The molecule has 0 atom stereocenters. The van der Waals surface area contributed by atoms with Crippen molar-refractivity contribution in [1.29, 1.82) is 0 Å². The van der Waals surface area contributed by atoms with Crippen LogP contribution in [0.3, 0.4) is 0 Å². The molecule has 0 bridgehead atoms. The van der Waals surface area contributed by atoms with Crippen LogP contribution in [-0.2, 0) is 6.18 Å². The number of aromatic nitrogens is 2. The minimum Gasteiger partial charge on any atom is -0.444 e. The predicted octanol–water partition coefficient (Wildman–Crippen LogP) is -1.51. The van der Waals surface area contributed by atoms with Gasteiger partial charge in [0.25, 0.3) is 0 Å². The number of alkyl halides is 3. The molecule has 0 aromatic carbocycles. The van der Waals surface area contributed by atoms with Gasteiger partial charge in [0.05, 0.1) is 0 Å². The number of hydrogen-bond donors (Lipinski definition) is 1. The monoisotopic (exact) mass is 242 g/mol. The summed E-state index contributed by atoms with van der Waals surface area (Å²) in [6, 6.07) is -0.0556. The average molecular weight is 242 g/mol. The first kappa shape index (κ1) is 14.5. The van der Waals surface area contributed by atoms with Gasteiger partial charge >= 0.3 is 64.5 Å². The zero-order chi connectivity index (χ0) is 10.3. The van der Waals surface area contributed by atoms with E-state index in [1.807, 2.05) is 0 Å². The van der Waals surface area contributed by atoms with Crippen molar-refractivity contribution in [3.05, 3.63) is 11.8 Å². The molecule has 74 valence electrons. The van der Waals surface area contributed by atoms with Gasteiger partial charge in [0.1, 0.15) is 0 Å². The molecule has 0 aliphatic carbocycles. The van der Waals surface area contributed by atoms with Crippen LogP contribution in [0.4, 0.5) is 26.1 Å². The number of rotatable bonds is 1. The standard InChI is InChI=1S/C4H2BF6N2.K/c6-4(7,8)2-1-3(13-12-2)5(9,10)11;/h1H,(H,12,13);/q-1;+1. The van der Waals surface area contributed by atoms with E-state index in [2.05, 4.69) is 5.10 Å². The number of hydrogen-bond acceptors (Lipinski definition) is 1. The summed E-state index contributed by atoms with van der Waals surface area (Å²) in [7, 11) is 0.